The third-order valence-corrected chi connectivity index (χ3v) is 6.05. The average Bonchev–Trinajstić information content (AvgIpc) is 2.96. The second-order valence-corrected chi connectivity index (χ2v) is 7.74. The van der Waals surface area contributed by atoms with Gasteiger partial charge < -0.3 is 0 Å². The van der Waals surface area contributed by atoms with Crippen molar-refractivity contribution < 1.29 is 0 Å². The van der Waals surface area contributed by atoms with Crippen molar-refractivity contribution in [2.45, 2.75) is 49.7 Å². The fraction of sp³-hybridized carbons (Fsp3) is 0.647. The van der Waals surface area contributed by atoms with Crippen LogP contribution in [0, 0.1) is 17.8 Å². The Hall–Kier alpha value is -1.62. The monoisotopic (exact) mass is 295 g/mol. The van der Waals surface area contributed by atoms with E-state index in [-0.39, 0.29) is 5.54 Å². The third kappa shape index (κ3) is 1.88. The van der Waals surface area contributed by atoms with Crippen molar-refractivity contribution >= 4 is 6.21 Å². The molecule has 0 aromatic carbocycles. The van der Waals surface area contributed by atoms with Crippen LogP contribution in [0.15, 0.2) is 39.8 Å². The molecule has 2 heterocycles. The first-order valence-corrected chi connectivity index (χ1v) is 8.43. The van der Waals surface area contributed by atoms with Crippen molar-refractivity contribution in [3.05, 3.63) is 30.1 Å². The van der Waals surface area contributed by atoms with E-state index in [0.717, 1.165) is 23.4 Å². The second-order valence-electron chi connectivity index (χ2n) is 7.74. The molecular weight excluding hydrogens is 274 g/mol. The molecule has 1 N–H and O–H groups in total. The Kier molecular flexibility index (Phi) is 2.60. The molecule has 5 heteroatoms. The number of hydrogen-bond acceptors (Lipinski definition) is 5. The Labute approximate surface area is 130 Å². The zero-order valence-corrected chi connectivity index (χ0v) is 12.7. The lowest BCUT2D eigenvalue weighted by Crippen LogP contribution is -2.63. The SMILES string of the molecule is C1=NN=NC1(NC12CC3CC(CC(C3)C1)C2)c1ccccn1. The Morgan fingerprint density at radius 1 is 1.00 bits per heavy atom. The van der Waals surface area contributed by atoms with Gasteiger partial charge in [0.2, 0.25) is 5.66 Å². The maximum absolute atomic E-state index is 4.52. The molecule has 4 aliphatic carbocycles. The lowest BCUT2D eigenvalue weighted by molar-refractivity contribution is -0.0296. The molecule has 5 aliphatic rings. The summed E-state index contributed by atoms with van der Waals surface area (Å²) in [6, 6.07) is 5.96. The number of nitrogens with zero attached hydrogens (tertiary/aromatic N) is 4. The maximum Gasteiger partial charge on any atom is 0.214 e. The number of aromatic nitrogens is 1. The molecule has 4 bridgehead atoms. The van der Waals surface area contributed by atoms with Crippen LogP contribution in [-0.2, 0) is 5.66 Å². The minimum absolute atomic E-state index is 0.196. The van der Waals surface area contributed by atoms with E-state index in [0.29, 0.717) is 0 Å². The molecule has 22 heavy (non-hydrogen) atoms. The normalized spacial score (nSPS) is 44.8. The third-order valence-electron chi connectivity index (χ3n) is 6.05. The summed E-state index contributed by atoms with van der Waals surface area (Å²) >= 11 is 0. The number of hydrogen-bond donors (Lipinski definition) is 1. The number of nitrogens with one attached hydrogen (secondary N) is 1. The highest BCUT2D eigenvalue weighted by atomic mass is 15.5. The van der Waals surface area contributed by atoms with Crippen molar-refractivity contribution in [3.8, 4) is 0 Å². The summed E-state index contributed by atoms with van der Waals surface area (Å²) in [5.41, 5.74) is 0.435. The molecule has 6 rings (SSSR count). The molecule has 5 nitrogen and oxygen atoms in total. The molecule has 1 aromatic heterocycles. The summed E-state index contributed by atoms with van der Waals surface area (Å²) in [7, 11) is 0. The minimum atomic E-state index is -0.660. The smallest absolute Gasteiger partial charge is 0.214 e. The van der Waals surface area contributed by atoms with E-state index in [1.807, 2.05) is 30.6 Å². The van der Waals surface area contributed by atoms with Gasteiger partial charge in [-0.15, -0.1) is 10.2 Å². The van der Waals surface area contributed by atoms with Gasteiger partial charge in [-0.3, -0.25) is 10.3 Å². The van der Waals surface area contributed by atoms with Crippen molar-refractivity contribution in [1.29, 1.82) is 0 Å². The molecule has 1 aliphatic heterocycles. The summed E-state index contributed by atoms with van der Waals surface area (Å²) in [6.07, 6.45) is 11.8. The molecular formula is C17H21N5. The number of pyridine rings is 1. The highest BCUT2D eigenvalue weighted by Crippen LogP contribution is 2.56. The quantitative estimate of drug-likeness (QED) is 0.930. The molecule has 1 aromatic rings. The summed E-state index contributed by atoms with van der Waals surface area (Å²) in [6.45, 7) is 0. The van der Waals surface area contributed by atoms with Crippen LogP contribution < -0.4 is 5.32 Å². The standard InChI is InChI=1S/C17H21N5/c1-2-4-18-15(3-1)17(11-19-22-21-17)20-16-8-12-5-13(9-16)7-14(6-12)10-16/h1-4,11-14,20H,5-10H2. The average molecular weight is 295 g/mol. The van der Waals surface area contributed by atoms with Gasteiger partial charge in [0, 0.05) is 11.7 Å². The van der Waals surface area contributed by atoms with Gasteiger partial charge in [-0.25, -0.2) is 0 Å². The van der Waals surface area contributed by atoms with Crippen LogP contribution in [-0.4, -0.2) is 16.7 Å². The lowest BCUT2D eigenvalue weighted by Gasteiger charge is -2.58. The zero-order chi connectivity index (χ0) is 14.6. The van der Waals surface area contributed by atoms with E-state index in [1.165, 1.54) is 38.5 Å². The first kappa shape index (κ1) is 12.9. The number of rotatable bonds is 3. The van der Waals surface area contributed by atoms with Gasteiger partial charge in [0.15, 0.2) is 0 Å². The first-order chi connectivity index (χ1) is 10.8. The van der Waals surface area contributed by atoms with E-state index in [4.69, 9.17) is 0 Å². The fourth-order valence-corrected chi connectivity index (χ4v) is 5.73. The molecule has 1 unspecified atom stereocenters. The Morgan fingerprint density at radius 3 is 2.27 bits per heavy atom. The van der Waals surface area contributed by atoms with Crippen LogP contribution in [0.2, 0.25) is 0 Å². The predicted octanol–water partition coefficient (Wildman–Crippen LogP) is 3.24. The van der Waals surface area contributed by atoms with E-state index in [1.54, 1.807) is 0 Å². The van der Waals surface area contributed by atoms with Crippen LogP contribution in [0.25, 0.3) is 0 Å². The maximum atomic E-state index is 4.52. The van der Waals surface area contributed by atoms with Gasteiger partial charge in [0.1, 0.15) is 0 Å². The van der Waals surface area contributed by atoms with Crippen molar-refractivity contribution in [3.63, 3.8) is 0 Å². The van der Waals surface area contributed by atoms with E-state index >= 15 is 0 Å². The van der Waals surface area contributed by atoms with Gasteiger partial charge in [-0.05, 0) is 73.6 Å². The van der Waals surface area contributed by atoms with Crippen molar-refractivity contribution in [2.75, 3.05) is 0 Å². The summed E-state index contributed by atoms with van der Waals surface area (Å²) in [4.78, 5) is 4.52. The highest BCUT2D eigenvalue weighted by Gasteiger charge is 2.54. The van der Waals surface area contributed by atoms with Gasteiger partial charge in [-0.2, -0.15) is 0 Å². The Balaban J connectivity index is 1.51. The minimum Gasteiger partial charge on any atom is -0.276 e. The van der Waals surface area contributed by atoms with Crippen molar-refractivity contribution in [1.82, 2.24) is 10.3 Å². The molecule has 0 spiro atoms. The van der Waals surface area contributed by atoms with Crippen LogP contribution in [0.3, 0.4) is 0 Å². The zero-order valence-electron chi connectivity index (χ0n) is 12.7. The molecule has 0 radical (unpaired) electrons. The van der Waals surface area contributed by atoms with Gasteiger partial charge in [0.05, 0.1) is 11.9 Å². The van der Waals surface area contributed by atoms with Crippen LogP contribution in [0.4, 0.5) is 0 Å². The van der Waals surface area contributed by atoms with Crippen molar-refractivity contribution in [2.24, 2.45) is 33.2 Å². The molecule has 4 fully saturated rings. The van der Waals surface area contributed by atoms with Crippen LogP contribution >= 0.6 is 0 Å². The molecule has 0 amide bonds. The van der Waals surface area contributed by atoms with Gasteiger partial charge in [0.25, 0.3) is 0 Å². The van der Waals surface area contributed by atoms with Crippen LogP contribution in [0.5, 0.6) is 0 Å². The van der Waals surface area contributed by atoms with E-state index in [2.05, 4.69) is 25.7 Å². The Morgan fingerprint density at radius 2 is 1.73 bits per heavy atom. The van der Waals surface area contributed by atoms with E-state index in [9.17, 15) is 0 Å². The molecule has 114 valence electrons. The lowest BCUT2D eigenvalue weighted by atomic mass is 9.52. The van der Waals surface area contributed by atoms with Gasteiger partial charge in [-0.1, -0.05) is 6.07 Å². The largest absolute Gasteiger partial charge is 0.276 e. The predicted molar refractivity (Wildman–Crippen MR) is 83.3 cm³/mol. The van der Waals surface area contributed by atoms with Crippen LogP contribution in [0.1, 0.15) is 44.2 Å². The summed E-state index contributed by atoms with van der Waals surface area (Å²) in [5.74, 6) is 2.69. The molecule has 0 saturated heterocycles. The first-order valence-electron chi connectivity index (χ1n) is 8.43. The Bertz CT molecular complexity index is 588. The fourth-order valence-electron chi connectivity index (χ4n) is 5.73. The molecule has 1 atom stereocenters. The highest BCUT2D eigenvalue weighted by molar-refractivity contribution is 5.72. The van der Waals surface area contributed by atoms with E-state index < -0.39 is 5.66 Å². The summed E-state index contributed by atoms with van der Waals surface area (Å²) in [5, 5.41) is 16.3. The topological polar surface area (TPSA) is 62.0 Å². The second kappa shape index (κ2) is 4.44. The van der Waals surface area contributed by atoms with Gasteiger partial charge >= 0.3 is 0 Å². The summed E-state index contributed by atoms with van der Waals surface area (Å²) < 4.78 is 0. The molecule has 4 saturated carbocycles.